The Morgan fingerprint density at radius 1 is 1.47 bits per heavy atom. The van der Waals surface area contributed by atoms with E-state index in [9.17, 15) is 14.4 Å². The Kier molecular flexibility index (Phi) is 3.93. The van der Waals surface area contributed by atoms with Gasteiger partial charge in [-0.1, -0.05) is 0 Å². The molecule has 0 radical (unpaired) electrons. The fraction of sp³-hybridized carbons (Fsp3) is 0.700. The maximum absolute atomic E-state index is 12.0. The minimum Gasteiger partial charge on any atom is -0.480 e. The number of carboxylic acid groups (broad SMARTS) is 1. The molecule has 0 aromatic carbocycles. The van der Waals surface area contributed by atoms with Gasteiger partial charge >= 0.3 is 12.0 Å². The molecular formula is C10H17N3O4. The third kappa shape index (κ3) is 2.66. The second-order valence-electron chi connectivity index (χ2n) is 4.15. The first-order chi connectivity index (χ1) is 7.86. The molecule has 0 spiro atoms. The normalized spacial score (nSPS) is 21.1. The van der Waals surface area contributed by atoms with E-state index in [0.29, 0.717) is 19.4 Å². The molecule has 7 nitrogen and oxygen atoms in total. The van der Waals surface area contributed by atoms with Gasteiger partial charge in [0.05, 0.1) is 0 Å². The summed E-state index contributed by atoms with van der Waals surface area (Å²) in [5.74, 6) is -1.46. The van der Waals surface area contributed by atoms with Crippen LogP contribution in [0.2, 0.25) is 0 Å². The van der Waals surface area contributed by atoms with Gasteiger partial charge in [0, 0.05) is 13.6 Å². The zero-order valence-electron chi connectivity index (χ0n) is 9.92. The summed E-state index contributed by atoms with van der Waals surface area (Å²) < 4.78 is 0. The molecule has 3 N–H and O–H groups in total. The molecular weight excluding hydrogens is 226 g/mol. The number of nitrogens with zero attached hydrogens (tertiary/aromatic N) is 2. The predicted molar refractivity (Wildman–Crippen MR) is 59.2 cm³/mol. The average Bonchev–Trinajstić information content (AvgIpc) is 2.74. The number of likely N-dealkylation sites (tertiary alicyclic amines) is 1. The van der Waals surface area contributed by atoms with Gasteiger partial charge in [0.1, 0.15) is 12.1 Å². The molecule has 0 saturated carbocycles. The van der Waals surface area contributed by atoms with Gasteiger partial charge in [-0.05, 0) is 19.8 Å². The molecule has 1 rings (SSSR count). The Morgan fingerprint density at radius 3 is 2.53 bits per heavy atom. The van der Waals surface area contributed by atoms with Crippen molar-refractivity contribution in [2.75, 3.05) is 13.6 Å². The van der Waals surface area contributed by atoms with Gasteiger partial charge in [-0.2, -0.15) is 0 Å². The number of nitrogens with two attached hydrogens (primary N) is 1. The molecule has 0 aliphatic carbocycles. The molecule has 17 heavy (non-hydrogen) atoms. The lowest BCUT2D eigenvalue weighted by molar-refractivity contribution is -0.149. The summed E-state index contributed by atoms with van der Waals surface area (Å²) in [6.45, 7) is 1.87. The summed E-state index contributed by atoms with van der Waals surface area (Å²) in [6.07, 6.45) is 1.23. The number of carboxylic acids is 1. The van der Waals surface area contributed by atoms with E-state index in [2.05, 4.69) is 0 Å². The lowest BCUT2D eigenvalue weighted by atomic mass is 10.1. The number of primary amides is 1. The summed E-state index contributed by atoms with van der Waals surface area (Å²) in [5.41, 5.74) is 5.16. The van der Waals surface area contributed by atoms with Gasteiger partial charge in [0.15, 0.2) is 0 Å². The third-order valence-electron chi connectivity index (χ3n) is 3.11. The summed E-state index contributed by atoms with van der Waals surface area (Å²) >= 11 is 0. The monoisotopic (exact) mass is 243 g/mol. The van der Waals surface area contributed by atoms with Crippen LogP contribution in [0.5, 0.6) is 0 Å². The van der Waals surface area contributed by atoms with E-state index in [0.717, 1.165) is 4.90 Å². The standard InChI is InChI=1S/C10H17N3O4/c1-6(9(15)16)12(2)8(14)7-4-3-5-13(7)10(11)17/h6-7H,3-5H2,1-2H3,(H2,11,17)(H,15,16)/t6?,7-/m0/s1. The second kappa shape index (κ2) is 5.03. The van der Waals surface area contributed by atoms with E-state index >= 15 is 0 Å². The van der Waals surface area contributed by atoms with E-state index in [-0.39, 0.29) is 5.91 Å². The quantitative estimate of drug-likeness (QED) is 0.694. The maximum Gasteiger partial charge on any atom is 0.326 e. The van der Waals surface area contributed by atoms with Crippen LogP contribution in [-0.2, 0) is 9.59 Å². The molecule has 1 unspecified atom stereocenters. The number of aliphatic carboxylic acids is 1. The molecule has 96 valence electrons. The average molecular weight is 243 g/mol. The highest BCUT2D eigenvalue weighted by molar-refractivity contribution is 5.89. The SMILES string of the molecule is CC(C(=O)O)N(C)C(=O)[C@@H]1CCCN1C(N)=O. The van der Waals surface area contributed by atoms with Crippen LogP contribution in [0.15, 0.2) is 0 Å². The molecule has 1 saturated heterocycles. The highest BCUT2D eigenvalue weighted by atomic mass is 16.4. The van der Waals surface area contributed by atoms with Crippen LogP contribution in [0.3, 0.4) is 0 Å². The number of likely N-dealkylation sites (N-methyl/N-ethyl adjacent to an activating group) is 1. The number of carbonyl (C=O) groups excluding carboxylic acids is 2. The lowest BCUT2D eigenvalue weighted by Gasteiger charge is -2.28. The minimum absolute atomic E-state index is 0.379. The first kappa shape index (κ1) is 13.3. The van der Waals surface area contributed by atoms with Crippen molar-refractivity contribution in [3.63, 3.8) is 0 Å². The van der Waals surface area contributed by atoms with E-state index in [1.54, 1.807) is 0 Å². The maximum atomic E-state index is 12.0. The molecule has 2 atom stereocenters. The van der Waals surface area contributed by atoms with Crippen LogP contribution in [0.25, 0.3) is 0 Å². The van der Waals surface area contributed by atoms with Crippen LogP contribution in [0, 0.1) is 0 Å². The van der Waals surface area contributed by atoms with Gasteiger partial charge in [0.25, 0.3) is 0 Å². The van der Waals surface area contributed by atoms with E-state index in [1.807, 2.05) is 0 Å². The molecule has 1 aliphatic rings. The molecule has 1 fully saturated rings. The summed E-state index contributed by atoms with van der Waals surface area (Å²) in [5, 5.41) is 8.82. The largest absolute Gasteiger partial charge is 0.480 e. The number of rotatable bonds is 3. The van der Waals surface area contributed by atoms with Crippen molar-refractivity contribution in [2.45, 2.75) is 31.8 Å². The molecule has 0 bridgehead atoms. The number of hydrogen-bond acceptors (Lipinski definition) is 3. The zero-order chi connectivity index (χ0) is 13.2. The Morgan fingerprint density at radius 2 is 2.06 bits per heavy atom. The lowest BCUT2D eigenvalue weighted by Crippen LogP contribution is -2.51. The zero-order valence-corrected chi connectivity index (χ0v) is 9.92. The number of amides is 3. The first-order valence-corrected chi connectivity index (χ1v) is 5.41. The summed E-state index contributed by atoms with van der Waals surface area (Å²) in [7, 11) is 1.42. The fourth-order valence-electron chi connectivity index (χ4n) is 1.88. The Bertz CT molecular complexity index is 344. The topological polar surface area (TPSA) is 104 Å². The van der Waals surface area contributed by atoms with Crippen molar-refractivity contribution < 1.29 is 19.5 Å². The van der Waals surface area contributed by atoms with Gasteiger partial charge < -0.3 is 20.6 Å². The van der Waals surface area contributed by atoms with Gasteiger partial charge in [-0.25, -0.2) is 9.59 Å². The molecule has 0 aromatic heterocycles. The minimum atomic E-state index is -1.08. The van der Waals surface area contributed by atoms with E-state index in [4.69, 9.17) is 10.8 Å². The second-order valence-corrected chi connectivity index (χ2v) is 4.15. The first-order valence-electron chi connectivity index (χ1n) is 5.41. The molecule has 0 aromatic rings. The smallest absolute Gasteiger partial charge is 0.326 e. The molecule has 3 amide bonds. The van der Waals surface area contributed by atoms with Crippen molar-refractivity contribution in [1.82, 2.24) is 9.80 Å². The summed E-state index contributed by atoms with van der Waals surface area (Å²) in [4.78, 5) is 36.3. The highest BCUT2D eigenvalue weighted by Gasteiger charge is 2.36. The Hall–Kier alpha value is -1.79. The van der Waals surface area contributed by atoms with Gasteiger partial charge in [-0.15, -0.1) is 0 Å². The third-order valence-corrected chi connectivity index (χ3v) is 3.11. The summed E-state index contributed by atoms with van der Waals surface area (Å²) in [6, 6.07) is -2.19. The van der Waals surface area contributed by atoms with Crippen molar-refractivity contribution >= 4 is 17.9 Å². The van der Waals surface area contributed by atoms with Crippen LogP contribution in [0.4, 0.5) is 4.79 Å². The molecule has 1 heterocycles. The van der Waals surface area contributed by atoms with Gasteiger partial charge in [-0.3, -0.25) is 4.79 Å². The van der Waals surface area contributed by atoms with Crippen LogP contribution in [0.1, 0.15) is 19.8 Å². The van der Waals surface area contributed by atoms with E-state index < -0.39 is 24.1 Å². The number of hydrogen-bond donors (Lipinski definition) is 2. The van der Waals surface area contributed by atoms with Crippen LogP contribution >= 0.6 is 0 Å². The van der Waals surface area contributed by atoms with E-state index in [1.165, 1.54) is 18.9 Å². The van der Waals surface area contributed by atoms with Crippen molar-refractivity contribution in [1.29, 1.82) is 0 Å². The Balaban J connectivity index is 2.75. The number of urea groups is 1. The van der Waals surface area contributed by atoms with Crippen molar-refractivity contribution in [2.24, 2.45) is 5.73 Å². The van der Waals surface area contributed by atoms with Gasteiger partial charge in [0.2, 0.25) is 5.91 Å². The number of carbonyl (C=O) groups is 3. The van der Waals surface area contributed by atoms with Crippen molar-refractivity contribution in [3.05, 3.63) is 0 Å². The van der Waals surface area contributed by atoms with Crippen LogP contribution in [-0.4, -0.2) is 58.5 Å². The molecule has 7 heteroatoms. The molecule has 1 aliphatic heterocycles. The van der Waals surface area contributed by atoms with Crippen molar-refractivity contribution in [3.8, 4) is 0 Å². The predicted octanol–water partition coefficient (Wildman–Crippen LogP) is -0.539. The Labute approximate surface area is 99.2 Å². The highest BCUT2D eigenvalue weighted by Crippen LogP contribution is 2.19. The fourth-order valence-corrected chi connectivity index (χ4v) is 1.88. The van der Waals surface area contributed by atoms with Crippen LogP contribution < -0.4 is 5.73 Å².